The highest BCUT2D eigenvalue weighted by Crippen LogP contribution is 2.29. The van der Waals surface area contributed by atoms with Crippen molar-refractivity contribution in [3.8, 4) is 0 Å². The summed E-state index contributed by atoms with van der Waals surface area (Å²) in [5.74, 6) is 0.0913. The minimum absolute atomic E-state index is 0.0403. The number of carbonyl (C=O) groups is 1. The molecule has 1 fully saturated rings. The molecule has 0 aromatic carbocycles. The average Bonchev–Trinajstić information content (AvgIpc) is 2.24. The van der Waals surface area contributed by atoms with Crippen molar-refractivity contribution in [1.82, 2.24) is 10.6 Å². The first-order valence-electron chi connectivity index (χ1n) is 6.01. The number of hydrogen-bond acceptors (Lipinski definition) is 3. The van der Waals surface area contributed by atoms with E-state index in [0.29, 0.717) is 6.54 Å². The summed E-state index contributed by atoms with van der Waals surface area (Å²) in [5.41, 5.74) is 0.0403. The molecule has 1 aliphatic rings. The van der Waals surface area contributed by atoms with Crippen LogP contribution in [0.5, 0.6) is 0 Å². The molecule has 94 valence electrons. The number of methoxy groups -OCH3 is 1. The van der Waals surface area contributed by atoms with E-state index in [9.17, 15) is 4.79 Å². The third-order valence-corrected chi connectivity index (χ3v) is 3.36. The van der Waals surface area contributed by atoms with Crippen LogP contribution in [0.25, 0.3) is 0 Å². The molecule has 0 spiro atoms. The number of rotatable bonds is 4. The van der Waals surface area contributed by atoms with Crippen molar-refractivity contribution in [1.29, 1.82) is 0 Å². The topological polar surface area (TPSA) is 50.4 Å². The van der Waals surface area contributed by atoms with Crippen LogP contribution in [0.1, 0.15) is 33.6 Å². The van der Waals surface area contributed by atoms with Gasteiger partial charge in [0, 0.05) is 13.7 Å². The lowest BCUT2D eigenvalue weighted by molar-refractivity contribution is -0.127. The molecule has 0 aromatic rings. The largest absolute Gasteiger partial charge is 0.380 e. The van der Waals surface area contributed by atoms with Crippen LogP contribution in [-0.2, 0) is 9.53 Å². The average molecular weight is 228 g/mol. The molecule has 0 bridgehead atoms. The Morgan fingerprint density at radius 2 is 2.31 bits per heavy atom. The van der Waals surface area contributed by atoms with E-state index >= 15 is 0 Å². The van der Waals surface area contributed by atoms with E-state index in [1.54, 1.807) is 7.11 Å². The van der Waals surface area contributed by atoms with E-state index in [0.717, 1.165) is 19.4 Å². The second kappa shape index (κ2) is 5.64. The van der Waals surface area contributed by atoms with Crippen LogP contribution in [0.4, 0.5) is 0 Å². The van der Waals surface area contributed by atoms with E-state index in [1.807, 2.05) is 6.92 Å². The molecule has 16 heavy (non-hydrogen) atoms. The molecule has 1 heterocycles. The summed E-state index contributed by atoms with van der Waals surface area (Å²) in [6.07, 6.45) is 2.30. The quantitative estimate of drug-likeness (QED) is 0.752. The second-order valence-corrected chi connectivity index (χ2v) is 5.27. The molecule has 1 aliphatic heterocycles. The Morgan fingerprint density at radius 3 is 2.88 bits per heavy atom. The maximum absolute atomic E-state index is 12.0. The Kier molecular flexibility index (Phi) is 4.74. The number of nitrogens with one attached hydrogen (secondary N) is 2. The van der Waals surface area contributed by atoms with Crippen molar-refractivity contribution >= 4 is 5.91 Å². The van der Waals surface area contributed by atoms with Crippen molar-refractivity contribution in [2.45, 2.75) is 45.8 Å². The monoisotopic (exact) mass is 228 g/mol. The highest BCUT2D eigenvalue weighted by molar-refractivity contribution is 5.82. The maximum Gasteiger partial charge on any atom is 0.237 e. The molecule has 4 heteroatoms. The van der Waals surface area contributed by atoms with Crippen molar-refractivity contribution in [3.63, 3.8) is 0 Å². The van der Waals surface area contributed by atoms with Gasteiger partial charge in [-0.15, -0.1) is 0 Å². The maximum atomic E-state index is 12.0. The molecule has 0 radical (unpaired) electrons. The number of amides is 1. The van der Waals surface area contributed by atoms with E-state index in [-0.39, 0.29) is 23.5 Å². The van der Waals surface area contributed by atoms with Crippen LogP contribution in [0, 0.1) is 5.41 Å². The fourth-order valence-electron chi connectivity index (χ4n) is 2.09. The number of ether oxygens (including phenoxy) is 1. The lowest BCUT2D eigenvalue weighted by atomic mass is 9.77. The first-order valence-corrected chi connectivity index (χ1v) is 6.01. The van der Waals surface area contributed by atoms with Gasteiger partial charge < -0.3 is 15.4 Å². The molecule has 1 amide bonds. The van der Waals surface area contributed by atoms with Gasteiger partial charge in [0.1, 0.15) is 0 Å². The molecular formula is C12H24N2O2. The molecule has 1 rings (SSSR count). The number of piperidine rings is 1. The zero-order valence-electron chi connectivity index (χ0n) is 10.8. The number of carbonyl (C=O) groups excluding carboxylic acids is 1. The molecule has 2 N–H and O–H groups in total. The Bertz CT molecular complexity index is 241. The predicted octanol–water partition coefficient (Wildman–Crippen LogP) is 0.916. The van der Waals surface area contributed by atoms with Crippen LogP contribution in [-0.4, -0.2) is 38.3 Å². The number of hydrogen-bond donors (Lipinski definition) is 2. The third-order valence-electron chi connectivity index (χ3n) is 3.36. The lowest BCUT2D eigenvalue weighted by Crippen LogP contribution is -2.56. The van der Waals surface area contributed by atoms with Gasteiger partial charge in [0.05, 0.1) is 12.1 Å². The van der Waals surface area contributed by atoms with E-state index in [1.165, 1.54) is 0 Å². The molecule has 0 aliphatic carbocycles. The standard InChI is InChI=1S/C12H24N2O2/c1-9(16-4)8-14-11(15)10-12(2,3)6-5-7-13-10/h9-10,13H,5-8H2,1-4H3,(H,14,15). The Morgan fingerprint density at radius 1 is 1.62 bits per heavy atom. The summed E-state index contributed by atoms with van der Waals surface area (Å²) in [5, 5.41) is 6.23. The minimum Gasteiger partial charge on any atom is -0.380 e. The first-order chi connectivity index (χ1) is 7.47. The van der Waals surface area contributed by atoms with Crippen molar-refractivity contribution < 1.29 is 9.53 Å². The van der Waals surface area contributed by atoms with E-state index in [2.05, 4.69) is 24.5 Å². The Balaban J connectivity index is 2.46. The van der Waals surface area contributed by atoms with E-state index < -0.39 is 0 Å². The smallest absolute Gasteiger partial charge is 0.237 e. The summed E-state index contributed by atoms with van der Waals surface area (Å²) in [6.45, 7) is 7.73. The minimum atomic E-state index is -0.0784. The van der Waals surface area contributed by atoms with Gasteiger partial charge in [-0.1, -0.05) is 13.8 Å². The summed E-state index contributed by atoms with van der Waals surface area (Å²) in [6, 6.07) is -0.0784. The third kappa shape index (κ3) is 3.46. The normalized spacial score (nSPS) is 26.1. The van der Waals surface area contributed by atoms with Gasteiger partial charge in [-0.05, 0) is 31.7 Å². The van der Waals surface area contributed by atoms with Crippen molar-refractivity contribution in [2.24, 2.45) is 5.41 Å². The Labute approximate surface area is 98.1 Å². The predicted molar refractivity (Wildman–Crippen MR) is 64.3 cm³/mol. The summed E-state index contributed by atoms with van der Waals surface area (Å²) < 4.78 is 5.10. The SMILES string of the molecule is COC(C)CNC(=O)C1NCCCC1(C)C. The molecule has 0 aromatic heterocycles. The molecular weight excluding hydrogens is 204 g/mol. The zero-order chi connectivity index (χ0) is 12.2. The van der Waals surface area contributed by atoms with E-state index in [4.69, 9.17) is 4.74 Å². The zero-order valence-corrected chi connectivity index (χ0v) is 10.8. The fourth-order valence-corrected chi connectivity index (χ4v) is 2.09. The van der Waals surface area contributed by atoms with Crippen LogP contribution < -0.4 is 10.6 Å². The van der Waals surface area contributed by atoms with Gasteiger partial charge in [-0.2, -0.15) is 0 Å². The van der Waals surface area contributed by atoms with Gasteiger partial charge in [-0.25, -0.2) is 0 Å². The summed E-state index contributed by atoms with van der Waals surface area (Å²) >= 11 is 0. The van der Waals surface area contributed by atoms with Crippen molar-refractivity contribution in [2.75, 3.05) is 20.2 Å². The van der Waals surface area contributed by atoms with Gasteiger partial charge in [0.15, 0.2) is 0 Å². The lowest BCUT2D eigenvalue weighted by Gasteiger charge is -2.38. The van der Waals surface area contributed by atoms with Crippen LogP contribution in [0.15, 0.2) is 0 Å². The second-order valence-electron chi connectivity index (χ2n) is 5.27. The molecule has 0 saturated carbocycles. The summed E-state index contributed by atoms with van der Waals surface area (Å²) in [4.78, 5) is 12.0. The van der Waals surface area contributed by atoms with Gasteiger partial charge in [-0.3, -0.25) is 4.79 Å². The summed E-state index contributed by atoms with van der Waals surface area (Å²) in [7, 11) is 1.65. The molecule has 1 saturated heterocycles. The fraction of sp³-hybridized carbons (Fsp3) is 0.917. The highest BCUT2D eigenvalue weighted by Gasteiger charge is 2.36. The van der Waals surface area contributed by atoms with Crippen LogP contribution >= 0.6 is 0 Å². The van der Waals surface area contributed by atoms with Gasteiger partial charge in [0.2, 0.25) is 5.91 Å². The van der Waals surface area contributed by atoms with Crippen molar-refractivity contribution in [3.05, 3.63) is 0 Å². The molecule has 4 nitrogen and oxygen atoms in total. The molecule has 2 atom stereocenters. The Hall–Kier alpha value is -0.610. The highest BCUT2D eigenvalue weighted by atomic mass is 16.5. The molecule has 2 unspecified atom stereocenters. The van der Waals surface area contributed by atoms with Crippen LogP contribution in [0.3, 0.4) is 0 Å². The van der Waals surface area contributed by atoms with Gasteiger partial charge >= 0.3 is 0 Å². The first kappa shape index (κ1) is 13.5. The van der Waals surface area contributed by atoms with Crippen LogP contribution in [0.2, 0.25) is 0 Å². The van der Waals surface area contributed by atoms with Gasteiger partial charge in [0.25, 0.3) is 0 Å².